The van der Waals surface area contributed by atoms with Crippen LogP contribution in [0.25, 0.3) is 0 Å². The number of alkyl halides is 6. The fraction of sp³-hybridized carbons (Fsp3) is 0.900. The van der Waals surface area contributed by atoms with Gasteiger partial charge in [0.05, 0.1) is 0 Å². The third kappa shape index (κ3) is 6.41. The molecule has 0 aromatic carbocycles. The maximum atomic E-state index is 13.8. The van der Waals surface area contributed by atoms with Gasteiger partial charge in [0.1, 0.15) is 11.7 Å². The Kier molecular flexibility index (Phi) is 7.99. The second-order valence-corrected chi connectivity index (χ2v) is 9.23. The lowest BCUT2D eigenvalue weighted by Gasteiger charge is -2.42. The average molecular weight is 464 g/mol. The Morgan fingerprint density at radius 3 is 1.65 bits per heavy atom. The molecule has 11 heteroatoms. The van der Waals surface area contributed by atoms with Crippen LogP contribution in [0.1, 0.15) is 73.6 Å². The quantitative estimate of drug-likeness (QED) is 0.351. The molecular weight excluding hydrogens is 434 g/mol. The van der Waals surface area contributed by atoms with Gasteiger partial charge in [-0.05, 0) is 66.7 Å². The average Bonchev–Trinajstić information content (AvgIpc) is 2.57. The normalized spacial score (nSPS) is 24.5. The number of carbonyl (C=O) groups excluding carboxylic acids is 2. The van der Waals surface area contributed by atoms with Crippen molar-refractivity contribution in [3.63, 3.8) is 0 Å². The lowest BCUT2D eigenvalue weighted by molar-refractivity contribution is -0.281. The maximum Gasteiger partial charge on any atom is 0.509 e. The van der Waals surface area contributed by atoms with Gasteiger partial charge in [0.15, 0.2) is 5.41 Å². The van der Waals surface area contributed by atoms with Crippen LogP contribution in [-0.2, 0) is 19.0 Å². The number of esters is 1. The fourth-order valence-electron chi connectivity index (χ4n) is 3.29. The highest BCUT2D eigenvalue weighted by atomic mass is 19.4. The zero-order chi connectivity index (χ0) is 24.5. The van der Waals surface area contributed by atoms with Crippen molar-refractivity contribution in [1.29, 1.82) is 0 Å². The van der Waals surface area contributed by atoms with Gasteiger partial charge in [-0.25, -0.2) is 4.79 Å². The van der Waals surface area contributed by atoms with Gasteiger partial charge in [-0.1, -0.05) is 6.92 Å². The number of hydrogen-bond acceptors (Lipinski definition) is 5. The summed E-state index contributed by atoms with van der Waals surface area (Å²) in [5, 5.41) is 0. The number of ether oxygens (including phenoxy) is 3. The highest BCUT2D eigenvalue weighted by Crippen LogP contribution is 2.47. The van der Waals surface area contributed by atoms with Crippen LogP contribution in [0.15, 0.2) is 0 Å². The fourth-order valence-corrected chi connectivity index (χ4v) is 3.29. The Bertz CT molecular complexity index is 646. The maximum absolute atomic E-state index is 13.8. The summed E-state index contributed by atoms with van der Waals surface area (Å²) in [7, 11) is 0. The van der Waals surface area contributed by atoms with Gasteiger partial charge >= 0.3 is 24.5 Å². The predicted molar refractivity (Wildman–Crippen MR) is 98.1 cm³/mol. The summed E-state index contributed by atoms with van der Waals surface area (Å²) in [6, 6.07) is 0. The minimum atomic E-state index is -4.91. The molecule has 1 aliphatic rings. The topological polar surface area (TPSA) is 61.8 Å². The molecular formula is C20H30F6O5. The summed E-state index contributed by atoms with van der Waals surface area (Å²) in [5.41, 5.74) is -6.60. The Morgan fingerprint density at radius 2 is 1.29 bits per heavy atom. The first-order valence-corrected chi connectivity index (χ1v) is 10.0. The van der Waals surface area contributed by atoms with Crippen LogP contribution < -0.4 is 0 Å². The second kappa shape index (κ2) is 9.05. The first-order valence-electron chi connectivity index (χ1n) is 10.0. The van der Waals surface area contributed by atoms with Crippen molar-refractivity contribution in [3.8, 4) is 0 Å². The van der Waals surface area contributed by atoms with E-state index in [1.54, 1.807) is 0 Å². The van der Waals surface area contributed by atoms with Crippen molar-refractivity contribution < 1.29 is 50.1 Å². The summed E-state index contributed by atoms with van der Waals surface area (Å²) in [4.78, 5) is 24.0. The van der Waals surface area contributed by atoms with E-state index in [0.717, 1.165) is 13.8 Å². The summed E-state index contributed by atoms with van der Waals surface area (Å²) < 4.78 is 95.5. The van der Waals surface area contributed by atoms with Crippen LogP contribution in [-0.4, -0.2) is 41.8 Å². The van der Waals surface area contributed by atoms with Crippen molar-refractivity contribution in [3.05, 3.63) is 0 Å². The molecule has 0 N–H and O–H groups in total. The number of carbonyl (C=O) groups is 2. The first kappa shape index (κ1) is 27.4. The minimum absolute atomic E-state index is 0.0859. The molecule has 5 nitrogen and oxygen atoms in total. The Labute approximate surface area is 177 Å². The molecule has 182 valence electrons. The summed E-state index contributed by atoms with van der Waals surface area (Å²) in [6.45, 7) is 7.10. The van der Waals surface area contributed by atoms with Crippen molar-refractivity contribution >= 4 is 12.1 Å². The van der Waals surface area contributed by atoms with Crippen LogP contribution in [0.2, 0.25) is 0 Å². The van der Waals surface area contributed by atoms with E-state index < -0.39 is 59.5 Å². The lowest BCUT2D eigenvalue weighted by atomic mass is 9.76. The second-order valence-electron chi connectivity index (χ2n) is 9.23. The SMILES string of the molecule is CCC(C)(C(=O)OC1CCC(C(C)(OC(=O)OC(C)(C)C)C(F)(F)F)CC1)C(F)(F)F. The number of halogens is 6. The third-order valence-electron chi connectivity index (χ3n) is 5.76. The molecule has 0 amide bonds. The summed E-state index contributed by atoms with van der Waals surface area (Å²) in [5.74, 6) is -2.62. The van der Waals surface area contributed by atoms with Crippen molar-refractivity contribution in [1.82, 2.24) is 0 Å². The zero-order valence-electron chi connectivity index (χ0n) is 18.5. The van der Waals surface area contributed by atoms with Gasteiger partial charge in [0, 0.05) is 5.92 Å². The van der Waals surface area contributed by atoms with E-state index in [4.69, 9.17) is 14.2 Å². The van der Waals surface area contributed by atoms with Gasteiger partial charge < -0.3 is 14.2 Å². The van der Waals surface area contributed by atoms with E-state index in [1.165, 1.54) is 27.7 Å². The molecule has 1 saturated carbocycles. The summed E-state index contributed by atoms with van der Waals surface area (Å²) >= 11 is 0. The lowest BCUT2D eigenvalue weighted by Crippen LogP contribution is -2.54. The smallest absolute Gasteiger partial charge is 0.462 e. The van der Waals surface area contributed by atoms with E-state index in [0.29, 0.717) is 0 Å². The molecule has 31 heavy (non-hydrogen) atoms. The van der Waals surface area contributed by atoms with Crippen LogP contribution in [0.5, 0.6) is 0 Å². The van der Waals surface area contributed by atoms with Crippen LogP contribution >= 0.6 is 0 Å². The van der Waals surface area contributed by atoms with E-state index >= 15 is 0 Å². The Morgan fingerprint density at radius 1 is 0.806 bits per heavy atom. The van der Waals surface area contributed by atoms with E-state index in [1.807, 2.05) is 0 Å². The molecule has 0 aromatic rings. The van der Waals surface area contributed by atoms with Crippen LogP contribution in [0, 0.1) is 11.3 Å². The highest BCUT2D eigenvalue weighted by Gasteiger charge is 2.61. The van der Waals surface area contributed by atoms with Gasteiger partial charge in [-0.2, -0.15) is 26.3 Å². The summed E-state index contributed by atoms with van der Waals surface area (Å²) in [6.07, 6.45) is -13.2. The standard InChI is InChI=1S/C20H30F6O5/c1-7-17(5,19(21,22)23)14(27)29-13-10-8-12(9-11-13)18(6,20(24,25)26)31-15(28)30-16(2,3)4/h12-13H,7-11H2,1-6H3. The molecule has 0 radical (unpaired) electrons. The van der Waals surface area contributed by atoms with E-state index in [2.05, 4.69) is 0 Å². The van der Waals surface area contributed by atoms with Crippen molar-refractivity contribution in [2.75, 3.05) is 0 Å². The van der Waals surface area contributed by atoms with E-state index in [9.17, 15) is 35.9 Å². The van der Waals surface area contributed by atoms with Crippen LogP contribution in [0.4, 0.5) is 31.1 Å². The number of rotatable bonds is 5. The largest absolute Gasteiger partial charge is 0.509 e. The Hall–Kier alpha value is -1.68. The van der Waals surface area contributed by atoms with Crippen molar-refractivity contribution in [2.24, 2.45) is 11.3 Å². The first-order chi connectivity index (χ1) is 13.8. The molecule has 1 aliphatic carbocycles. The molecule has 1 rings (SSSR count). The highest BCUT2D eigenvalue weighted by molar-refractivity contribution is 5.77. The van der Waals surface area contributed by atoms with Gasteiger partial charge in [0.2, 0.25) is 5.60 Å². The van der Waals surface area contributed by atoms with Crippen LogP contribution in [0.3, 0.4) is 0 Å². The van der Waals surface area contributed by atoms with Gasteiger partial charge in [-0.3, -0.25) is 4.79 Å². The molecule has 0 aromatic heterocycles. The molecule has 0 aliphatic heterocycles. The third-order valence-corrected chi connectivity index (χ3v) is 5.76. The predicted octanol–water partition coefficient (Wildman–Crippen LogP) is 6.34. The Balaban J connectivity index is 2.87. The molecule has 0 bridgehead atoms. The van der Waals surface area contributed by atoms with Gasteiger partial charge in [-0.15, -0.1) is 0 Å². The van der Waals surface area contributed by atoms with Crippen molar-refractivity contribution in [2.45, 2.75) is 103 Å². The molecule has 1 fully saturated rings. The molecule has 2 atom stereocenters. The monoisotopic (exact) mass is 464 g/mol. The van der Waals surface area contributed by atoms with E-state index in [-0.39, 0.29) is 25.7 Å². The number of hydrogen-bond donors (Lipinski definition) is 0. The molecule has 0 heterocycles. The minimum Gasteiger partial charge on any atom is -0.462 e. The molecule has 2 unspecified atom stereocenters. The van der Waals surface area contributed by atoms with Gasteiger partial charge in [0.25, 0.3) is 0 Å². The molecule has 0 saturated heterocycles. The zero-order valence-corrected chi connectivity index (χ0v) is 18.5. The molecule has 0 spiro atoms.